The maximum Gasteiger partial charge on any atom is 0.271 e. The summed E-state index contributed by atoms with van der Waals surface area (Å²) >= 11 is 1.20. The molecule has 5 nitrogen and oxygen atoms in total. The molecule has 6 heteroatoms. The lowest BCUT2D eigenvalue weighted by atomic mass is 10.1. The van der Waals surface area contributed by atoms with Crippen molar-refractivity contribution >= 4 is 40.3 Å². The molecule has 0 radical (unpaired) electrons. The van der Waals surface area contributed by atoms with Gasteiger partial charge in [-0.15, -0.1) is 0 Å². The minimum absolute atomic E-state index is 0.146. The van der Waals surface area contributed by atoms with Crippen molar-refractivity contribution in [1.82, 2.24) is 0 Å². The van der Waals surface area contributed by atoms with E-state index in [1.165, 1.54) is 22.3 Å². The molecule has 4 rings (SSSR count). The highest BCUT2D eigenvalue weighted by atomic mass is 32.2. The number of benzene rings is 2. The highest BCUT2D eigenvalue weighted by Gasteiger charge is 2.33. The van der Waals surface area contributed by atoms with Crippen LogP contribution in [0.2, 0.25) is 0 Å². The minimum atomic E-state index is -0.146. The van der Waals surface area contributed by atoms with Crippen molar-refractivity contribution in [1.29, 1.82) is 5.41 Å². The van der Waals surface area contributed by atoms with Crippen LogP contribution in [0.1, 0.15) is 11.1 Å². The molecule has 2 aliphatic heterocycles. The molecule has 1 amide bonds. The van der Waals surface area contributed by atoms with E-state index >= 15 is 0 Å². The molecule has 138 valence electrons. The van der Waals surface area contributed by atoms with E-state index in [9.17, 15) is 4.79 Å². The molecule has 2 aliphatic rings. The first-order valence-corrected chi connectivity index (χ1v) is 9.75. The van der Waals surface area contributed by atoms with Crippen molar-refractivity contribution in [3.05, 3.63) is 64.6 Å². The Bertz CT molecular complexity index is 902. The smallest absolute Gasteiger partial charge is 0.271 e. The number of aryl methyl sites for hydroxylation is 1. The molecular weight excluding hydrogens is 358 g/mol. The first kappa shape index (κ1) is 17.8. The van der Waals surface area contributed by atoms with Crippen LogP contribution in [-0.2, 0) is 9.53 Å². The van der Waals surface area contributed by atoms with Crippen LogP contribution in [0.3, 0.4) is 0 Å². The van der Waals surface area contributed by atoms with Gasteiger partial charge in [-0.25, -0.2) is 0 Å². The summed E-state index contributed by atoms with van der Waals surface area (Å²) < 4.78 is 5.39. The second-order valence-corrected chi connectivity index (χ2v) is 7.62. The lowest BCUT2D eigenvalue weighted by Crippen LogP contribution is -2.36. The van der Waals surface area contributed by atoms with Gasteiger partial charge in [0, 0.05) is 18.8 Å². The minimum Gasteiger partial charge on any atom is -0.378 e. The Balaban J connectivity index is 1.54. The van der Waals surface area contributed by atoms with Crippen LogP contribution in [-0.4, -0.2) is 37.4 Å². The van der Waals surface area contributed by atoms with Crippen LogP contribution in [0.15, 0.2) is 53.4 Å². The quantitative estimate of drug-likeness (QED) is 0.822. The zero-order valence-corrected chi connectivity index (χ0v) is 16.0. The first-order valence-electron chi connectivity index (χ1n) is 8.94. The van der Waals surface area contributed by atoms with E-state index in [0.717, 1.165) is 43.1 Å². The van der Waals surface area contributed by atoms with E-state index in [-0.39, 0.29) is 11.1 Å². The van der Waals surface area contributed by atoms with Crippen molar-refractivity contribution in [2.24, 2.45) is 0 Å². The number of carbonyl (C=O) groups excluding carboxylic acids is 1. The van der Waals surface area contributed by atoms with Crippen LogP contribution >= 0.6 is 11.8 Å². The molecule has 2 saturated heterocycles. The van der Waals surface area contributed by atoms with E-state index in [4.69, 9.17) is 10.1 Å². The maximum atomic E-state index is 12.8. The van der Waals surface area contributed by atoms with Gasteiger partial charge in [0.15, 0.2) is 5.17 Å². The summed E-state index contributed by atoms with van der Waals surface area (Å²) in [5.41, 5.74) is 3.93. The SMILES string of the molecule is Cc1cccc(N2C(=N)S/C(=C\c3ccc(N4CCOCC4)cc3)C2=O)c1. The standard InChI is InChI=1S/C21H21N3O2S/c1-15-3-2-4-18(13-15)24-20(25)19(27-21(24)22)14-16-5-7-17(8-6-16)23-9-11-26-12-10-23/h2-8,13-14,22H,9-12H2,1H3/b19-14-,22-21?. The average molecular weight is 379 g/mol. The Hall–Kier alpha value is -2.57. The summed E-state index contributed by atoms with van der Waals surface area (Å²) in [6.07, 6.45) is 1.86. The zero-order chi connectivity index (χ0) is 18.8. The normalized spacial score (nSPS) is 19.2. The molecule has 0 bridgehead atoms. The number of amidine groups is 1. The number of amides is 1. The molecule has 0 spiro atoms. The fourth-order valence-corrected chi connectivity index (χ4v) is 4.10. The second kappa shape index (κ2) is 7.58. The molecule has 0 atom stereocenters. The van der Waals surface area contributed by atoms with E-state index in [1.54, 1.807) is 0 Å². The van der Waals surface area contributed by atoms with Gasteiger partial charge in [0.2, 0.25) is 0 Å². The largest absolute Gasteiger partial charge is 0.378 e. The van der Waals surface area contributed by atoms with Crippen molar-refractivity contribution in [3.8, 4) is 0 Å². The average Bonchev–Trinajstić information content (AvgIpc) is 2.96. The number of hydrogen-bond donors (Lipinski definition) is 1. The second-order valence-electron chi connectivity index (χ2n) is 6.59. The lowest BCUT2D eigenvalue weighted by molar-refractivity contribution is -0.113. The van der Waals surface area contributed by atoms with Crippen LogP contribution in [0.5, 0.6) is 0 Å². The molecule has 27 heavy (non-hydrogen) atoms. The third-order valence-corrected chi connectivity index (χ3v) is 5.54. The molecular formula is C21H21N3O2S. The third kappa shape index (κ3) is 3.77. The molecule has 1 N–H and O–H groups in total. The van der Waals surface area contributed by atoms with Gasteiger partial charge in [0.25, 0.3) is 5.91 Å². The first-order chi connectivity index (χ1) is 13.1. The van der Waals surface area contributed by atoms with Crippen LogP contribution in [0, 0.1) is 12.3 Å². The van der Waals surface area contributed by atoms with E-state index in [2.05, 4.69) is 17.0 Å². The fraction of sp³-hybridized carbons (Fsp3) is 0.238. The number of nitrogens with zero attached hydrogens (tertiary/aromatic N) is 2. The molecule has 2 heterocycles. The summed E-state index contributed by atoms with van der Waals surface area (Å²) in [6, 6.07) is 15.9. The van der Waals surface area contributed by atoms with E-state index in [0.29, 0.717) is 4.91 Å². The molecule has 2 fully saturated rings. The number of rotatable bonds is 3. The summed E-state index contributed by atoms with van der Waals surface area (Å²) in [7, 11) is 0. The summed E-state index contributed by atoms with van der Waals surface area (Å²) in [6.45, 7) is 5.30. The number of nitrogens with one attached hydrogen (secondary N) is 1. The Kier molecular flexibility index (Phi) is 5.01. The predicted molar refractivity (Wildman–Crippen MR) is 111 cm³/mol. The van der Waals surface area contributed by atoms with Crippen LogP contribution in [0.4, 0.5) is 11.4 Å². The zero-order valence-electron chi connectivity index (χ0n) is 15.1. The number of carbonyl (C=O) groups is 1. The van der Waals surface area contributed by atoms with Gasteiger partial charge >= 0.3 is 0 Å². The van der Waals surface area contributed by atoms with Crippen molar-refractivity contribution in [2.75, 3.05) is 36.1 Å². The van der Waals surface area contributed by atoms with Gasteiger partial charge in [-0.1, -0.05) is 24.3 Å². The van der Waals surface area contributed by atoms with Crippen LogP contribution < -0.4 is 9.80 Å². The molecule has 2 aromatic carbocycles. The molecule has 0 aromatic heterocycles. The van der Waals surface area contributed by atoms with Gasteiger partial charge in [0.1, 0.15) is 0 Å². The maximum absolute atomic E-state index is 12.8. The Morgan fingerprint density at radius 3 is 2.52 bits per heavy atom. The van der Waals surface area contributed by atoms with Gasteiger partial charge in [-0.2, -0.15) is 0 Å². The topological polar surface area (TPSA) is 56.6 Å². The van der Waals surface area contributed by atoms with Gasteiger partial charge < -0.3 is 9.64 Å². The van der Waals surface area contributed by atoms with Crippen molar-refractivity contribution < 1.29 is 9.53 Å². The van der Waals surface area contributed by atoms with Crippen molar-refractivity contribution in [3.63, 3.8) is 0 Å². The summed E-state index contributed by atoms with van der Waals surface area (Å²) in [5, 5.41) is 8.45. The number of hydrogen-bond acceptors (Lipinski definition) is 5. The number of morpholine rings is 1. The van der Waals surface area contributed by atoms with E-state index < -0.39 is 0 Å². The van der Waals surface area contributed by atoms with Gasteiger partial charge in [-0.3, -0.25) is 15.1 Å². The lowest BCUT2D eigenvalue weighted by Gasteiger charge is -2.28. The third-order valence-electron chi connectivity index (χ3n) is 4.65. The van der Waals surface area contributed by atoms with Gasteiger partial charge in [-0.05, 0) is 60.2 Å². The highest BCUT2D eigenvalue weighted by Crippen LogP contribution is 2.35. The summed E-state index contributed by atoms with van der Waals surface area (Å²) in [4.78, 5) is 17.2. The number of thioether (sulfide) groups is 1. The van der Waals surface area contributed by atoms with E-state index in [1.807, 2.05) is 49.4 Å². The molecule has 0 unspecified atom stereocenters. The molecule has 0 aliphatic carbocycles. The molecule has 2 aromatic rings. The molecule has 0 saturated carbocycles. The fourth-order valence-electron chi connectivity index (χ4n) is 3.24. The van der Waals surface area contributed by atoms with Gasteiger partial charge in [0.05, 0.1) is 23.8 Å². The Morgan fingerprint density at radius 1 is 1.07 bits per heavy atom. The number of anilines is 2. The monoisotopic (exact) mass is 379 g/mol. The predicted octanol–water partition coefficient (Wildman–Crippen LogP) is 3.89. The Labute approximate surface area is 163 Å². The van der Waals surface area contributed by atoms with Crippen molar-refractivity contribution in [2.45, 2.75) is 6.92 Å². The Morgan fingerprint density at radius 2 is 1.81 bits per heavy atom. The number of ether oxygens (including phenoxy) is 1. The summed E-state index contributed by atoms with van der Waals surface area (Å²) in [5.74, 6) is -0.146. The van der Waals surface area contributed by atoms with Crippen LogP contribution in [0.25, 0.3) is 6.08 Å². The highest BCUT2D eigenvalue weighted by molar-refractivity contribution is 8.19.